The highest BCUT2D eigenvalue weighted by atomic mass is 35.5. The van der Waals surface area contributed by atoms with Crippen molar-refractivity contribution in [1.82, 2.24) is 14.7 Å². The van der Waals surface area contributed by atoms with Gasteiger partial charge in [-0.25, -0.2) is 4.90 Å². The molecule has 138 valence electrons. The van der Waals surface area contributed by atoms with Crippen LogP contribution in [0.2, 0.25) is 5.02 Å². The number of aryl methyl sites for hydroxylation is 1. The Hall–Kier alpha value is -2.24. The third-order valence-electron chi connectivity index (χ3n) is 3.07. The minimum absolute atomic E-state index is 0.280. The number of aromatic nitrogens is 2. The van der Waals surface area contributed by atoms with Gasteiger partial charge < -0.3 is 11.1 Å². The zero-order valence-electron chi connectivity index (χ0n) is 13.0. The minimum Gasteiger partial charge on any atom is -0.375 e. The zero-order chi connectivity index (χ0) is 19.6. The van der Waals surface area contributed by atoms with Gasteiger partial charge in [-0.1, -0.05) is 23.7 Å². The summed E-state index contributed by atoms with van der Waals surface area (Å²) < 4.78 is 40.2. The molecule has 1 heterocycles. The van der Waals surface area contributed by atoms with Crippen molar-refractivity contribution in [2.75, 3.05) is 5.32 Å². The van der Waals surface area contributed by atoms with Gasteiger partial charge in [-0.3, -0.25) is 9.48 Å². The fourth-order valence-electron chi connectivity index (χ4n) is 2.00. The van der Waals surface area contributed by atoms with Crippen molar-refractivity contribution >= 4 is 57.9 Å². The summed E-state index contributed by atoms with van der Waals surface area (Å²) >= 11 is 15.8. The molecule has 0 atom stereocenters. The number of benzene rings is 1. The number of nitrogens with two attached hydrogens (primary N) is 1. The van der Waals surface area contributed by atoms with Crippen LogP contribution in [0.4, 0.5) is 18.9 Å². The standard InChI is InChI=1S/C14H11ClF3N5OS2/c1-22-6-7(10(21-22)14(16,17)18)11(24)23(12(19)25)13(26)20-9-5-3-2-4-8(9)15/h2-6H,1H3,(H2,19,25)(H,20,26). The first-order valence-electron chi connectivity index (χ1n) is 6.82. The maximum absolute atomic E-state index is 13.1. The molecule has 2 rings (SSSR count). The number of carbonyl (C=O) groups is 1. The molecule has 1 amide bonds. The van der Waals surface area contributed by atoms with Crippen LogP contribution in [0.3, 0.4) is 0 Å². The molecule has 6 nitrogen and oxygen atoms in total. The molecular formula is C14H11ClF3N5OS2. The number of hydrogen-bond acceptors (Lipinski definition) is 4. The van der Waals surface area contributed by atoms with Crippen LogP contribution < -0.4 is 11.1 Å². The van der Waals surface area contributed by atoms with E-state index >= 15 is 0 Å². The molecule has 0 aliphatic carbocycles. The molecule has 3 N–H and O–H groups in total. The molecule has 0 fully saturated rings. The van der Waals surface area contributed by atoms with Gasteiger partial charge >= 0.3 is 6.18 Å². The van der Waals surface area contributed by atoms with E-state index < -0.39 is 28.5 Å². The summed E-state index contributed by atoms with van der Waals surface area (Å²) in [6.07, 6.45) is -3.93. The molecule has 0 aliphatic heterocycles. The Kier molecular flexibility index (Phi) is 5.84. The van der Waals surface area contributed by atoms with E-state index in [0.29, 0.717) is 10.6 Å². The fourth-order valence-corrected chi connectivity index (χ4v) is 2.71. The normalized spacial score (nSPS) is 11.1. The molecule has 2 aromatic rings. The van der Waals surface area contributed by atoms with E-state index in [4.69, 9.17) is 41.8 Å². The van der Waals surface area contributed by atoms with Crippen molar-refractivity contribution < 1.29 is 18.0 Å². The Morgan fingerprint density at radius 1 is 1.35 bits per heavy atom. The van der Waals surface area contributed by atoms with Crippen LogP contribution in [-0.4, -0.2) is 30.8 Å². The lowest BCUT2D eigenvalue weighted by Gasteiger charge is -2.22. The Morgan fingerprint density at radius 2 is 1.96 bits per heavy atom. The van der Waals surface area contributed by atoms with Gasteiger partial charge in [0.25, 0.3) is 5.91 Å². The summed E-state index contributed by atoms with van der Waals surface area (Å²) in [5.74, 6) is -1.16. The van der Waals surface area contributed by atoms with Crippen LogP contribution in [0.25, 0.3) is 0 Å². The lowest BCUT2D eigenvalue weighted by Crippen LogP contribution is -2.47. The van der Waals surface area contributed by atoms with Crippen LogP contribution in [0, 0.1) is 0 Å². The first-order chi connectivity index (χ1) is 12.0. The lowest BCUT2D eigenvalue weighted by molar-refractivity contribution is -0.141. The number of anilines is 1. The minimum atomic E-state index is -4.84. The molecule has 26 heavy (non-hydrogen) atoms. The Morgan fingerprint density at radius 3 is 2.50 bits per heavy atom. The summed E-state index contributed by atoms with van der Waals surface area (Å²) in [4.78, 5) is 13.2. The lowest BCUT2D eigenvalue weighted by atomic mass is 10.2. The van der Waals surface area contributed by atoms with Crippen LogP contribution in [-0.2, 0) is 13.2 Å². The third-order valence-corrected chi connectivity index (χ3v) is 3.87. The first kappa shape index (κ1) is 20.1. The number of nitrogens with one attached hydrogen (secondary N) is 1. The Balaban J connectivity index is 2.39. The number of amides is 1. The summed E-state index contributed by atoms with van der Waals surface area (Å²) in [5.41, 5.74) is 3.72. The zero-order valence-corrected chi connectivity index (χ0v) is 15.4. The number of halogens is 4. The van der Waals surface area contributed by atoms with Gasteiger partial charge in [0.15, 0.2) is 15.9 Å². The maximum atomic E-state index is 13.1. The van der Waals surface area contributed by atoms with E-state index in [1.165, 1.54) is 7.05 Å². The molecule has 0 unspecified atom stereocenters. The number of alkyl halides is 3. The van der Waals surface area contributed by atoms with Crippen LogP contribution >= 0.6 is 36.0 Å². The van der Waals surface area contributed by atoms with E-state index in [-0.39, 0.29) is 10.1 Å². The number of para-hydroxylation sites is 1. The van der Waals surface area contributed by atoms with Gasteiger partial charge in [0.1, 0.15) is 0 Å². The number of thiocarbonyl (C=S) groups is 2. The molecule has 0 spiro atoms. The number of nitrogens with zero attached hydrogens (tertiary/aromatic N) is 3. The summed E-state index contributed by atoms with van der Waals surface area (Å²) in [6.45, 7) is 0. The van der Waals surface area contributed by atoms with Gasteiger partial charge in [-0.2, -0.15) is 18.3 Å². The summed E-state index contributed by atoms with van der Waals surface area (Å²) in [5, 5.41) is 5.34. The summed E-state index contributed by atoms with van der Waals surface area (Å²) in [7, 11) is 1.25. The molecule has 0 bridgehead atoms. The van der Waals surface area contributed by atoms with Crippen molar-refractivity contribution in [2.45, 2.75) is 6.18 Å². The second-order valence-electron chi connectivity index (χ2n) is 4.95. The molecule has 0 radical (unpaired) electrons. The predicted molar refractivity (Wildman–Crippen MR) is 98.8 cm³/mol. The van der Waals surface area contributed by atoms with E-state index in [1.54, 1.807) is 24.3 Å². The van der Waals surface area contributed by atoms with Crippen molar-refractivity contribution in [3.05, 3.63) is 46.7 Å². The average molecular weight is 422 g/mol. The van der Waals surface area contributed by atoms with E-state index in [9.17, 15) is 18.0 Å². The van der Waals surface area contributed by atoms with E-state index in [0.717, 1.165) is 10.9 Å². The number of hydrogen-bond donors (Lipinski definition) is 2. The van der Waals surface area contributed by atoms with E-state index in [2.05, 4.69) is 10.4 Å². The maximum Gasteiger partial charge on any atom is 0.435 e. The molecule has 0 saturated heterocycles. The first-order valence-corrected chi connectivity index (χ1v) is 8.02. The van der Waals surface area contributed by atoms with Gasteiger partial charge in [-0.15, -0.1) is 0 Å². The van der Waals surface area contributed by atoms with Crippen molar-refractivity contribution in [1.29, 1.82) is 0 Å². The van der Waals surface area contributed by atoms with Crippen LogP contribution in [0.15, 0.2) is 30.5 Å². The Labute approximate surface area is 161 Å². The molecule has 0 aliphatic rings. The van der Waals surface area contributed by atoms with Gasteiger partial charge in [0.05, 0.1) is 16.3 Å². The molecule has 1 aromatic heterocycles. The highest BCUT2D eigenvalue weighted by Gasteiger charge is 2.40. The smallest absolute Gasteiger partial charge is 0.375 e. The molecule has 12 heteroatoms. The topological polar surface area (TPSA) is 76.2 Å². The number of carbonyl (C=O) groups excluding carboxylic acids is 1. The van der Waals surface area contributed by atoms with Crippen molar-refractivity contribution in [2.24, 2.45) is 12.8 Å². The summed E-state index contributed by atoms with van der Waals surface area (Å²) in [6, 6.07) is 6.43. The SMILES string of the molecule is Cn1cc(C(=O)N(C(N)=S)C(=S)Nc2ccccc2Cl)c(C(F)(F)F)n1. The molecule has 1 aromatic carbocycles. The van der Waals surface area contributed by atoms with Gasteiger partial charge in [0.2, 0.25) is 0 Å². The largest absolute Gasteiger partial charge is 0.435 e. The van der Waals surface area contributed by atoms with Crippen LogP contribution in [0.5, 0.6) is 0 Å². The predicted octanol–water partition coefficient (Wildman–Crippen LogP) is 3.18. The fraction of sp³-hybridized carbons (Fsp3) is 0.143. The monoisotopic (exact) mass is 421 g/mol. The highest BCUT2D eigenvalue weighted by Crippen LogP contribution is 2.31. The third kappa shape index (κ3) is 4.29. The van der Waals surface area contributed by atoms with Crippen molar-refractivity contribution in [3.63, 3.8) is 0 Å². The van der Waals surface area contributed by atoms with Crippen LogP contribution in [0.1, 0.15) is 16.1 Å². The Bertz CT molecular complexity index is 884. The molecule has 0 saturated carbocycles. The quantitative estimate of drug-likeness (QED) is 0.725. The van der Waals surface area contributed by atoms with E-state index in [1.807, 2.05) is 0 Å². The highest BCUT2D eigenvalue weighted by molar-refractivity contribution is 7.82. The second kappa shape index (κ2) is 7.56. The van der Waals surface area contributed by atoms with Crippen molar-refractivity contribution in [3.8, 4) is 0 Å². The number of rotatable bonds is 2. The van der Waals surface area contributed by atoms with Gasteiger partial charge in [0, 0.05) is 13.2 Å². The second-order valence-corrected chi connectivity index (χ2v) is 6.16. The average Bonchev–Trinajstić information content (AvgIpc) is 2.91. The molecular weight excluding hydrogens is 411 g/mol. The van der Waals surface area contributed by atoms with Gasteiger partial charge in [-0.05, 0) is 36.6 Å².